The summed E-state index contributed by atoms with van der Waals surface area (Å²) in [5, 5.41) is 7.84. The third-order valence-electron chi connectivity index (χ3n) is 6.63. The lowest BCUT2D eigenvalue weighted by Gasteiger charge is -2.32. The number of rotatable bonds is 6. The third-order valence-corrected chi connectivity index (χ3v) is 8.58. The van der Waals surface area contributed by atoms with E-state index in [0.29, 0.717) is 42.7 Å². The molecule has 1 amide bonds. The number of hydrogen-bond donors (Lipinski definition) is 3. The van der Waals surface area contributed by atoms with Crippen LogP contribution in [0.15, 0.2) is 24.3 Å². The fraction of sp³-hybridized carbons (Fsp3) is 0.583. The van der Waals surface area contributed by atoms with E-state index in [1.54, 1.807) is 18.2 Å². The number of nitrogens with zero attached hydrogens (tertiary/aromatic N) is 2. The van der Waals surface area contributed by atoms with E-state index in [1.165, 1.54) is 6.07 Å². The van der Waals surface area contributed by atoms with Gasteiger partial charge in [0, 0.05) is 41.0 Å². The van der Waals surface area contributed by atoms with Gasteiger partial charge < -0.3 is 10.1 Å². The minimum atomic E-state index is -4.42. The summed E-state index contributed by atoms with van der Waals surface area (Å²) in [6.07, 6.45) is -2.19. The Morgan fingerprint density at radius 3 is 2.74 bits per heavy atom. The van der Waals surface area contributed by atoms with Gasteiger partial charge in [0.2, 0.25) is 5.91 Å². The summed E-state index contributed by atoms with van der Waals surface area (Å²) in [7, 11) is -2.64. The molecule has 4 rings (SSSR count). The Bertz CT molecular complexity index is 1100. The number of fused-ring (bicyclic) bond motifs is 1. The molecule has 35 heavy (non-hydrogen) atoms. The average molecular weight is 516 g/mol. The molecule has 0 bridgehead atoms. The standard InChI is InChI=1S/C24H32F3N3O4S/c1-15(2)30-20-12-17(22(31)28-23(3)9-10-35(32,33)14-23)7-8-19(20)21(29-30)16-5-4-6-18(11-16)34-13-24(25,26)27/h4-6,11,15,17,32-33H,7-10,12-14H2,1-3H3,(H,28,31). The van der Waals surface area contributed by atoms with Gasteiger partial charge in [0.1, 0.15) is 5.75 Å². The smallest absolute Gasteiger partial charge is 0.422 e. The normalized spacial score (nSPS) is 24.8. The van der Waals surface area contributed by atoms with Crippen LogP contribution in [0.3, 0.4) is 0 Å². The Kier molecular flexibility index (Phi) is 6.89. The molecule has 1 aromatic carbocycles. The quantitative estimate of drug-likeness (QED) is 0.491. The lowest BCUT2D eigenvalue weighted by molar-refractivity contribution is -0.153. The van der Waals surface area contributed by atoms with Crippen LogP contribution in [0, 0.1) is 5.92 Å². The highest BCUT2D eigenvalue weighted by Gasteiger charge is 2.41. The van der Waals surface area contributed by atoms with Gasteiger partial charge in [0.05, 0.1) is 17.0 Å². The Labute approximate surface area is 204 Å². The molecule has 7 nitrogen and oxygen atoms in total. The number of amides is 1. The van der Waals surface area contributed by atoms with Crippen molar-refractivity contribution in [2.75, 3.05) is 18.1 Å². The number of hydrogen-bond acceptors (Lipinski definition) is 5. The molecule has 11 heteroatoms. The van der Waals surface area contributed by atoms with Crippen LogP contribution in [0.1, 0.15) is 50.9 Å². The molecule has 2 aliphatic rings. The first kappa shape index (κ1) is 25.8. The van der Waals surface area contributed by atoms with E-state index < -0.39 is 28.9 Å². The molecule has 1 saturated heterocycles. The summed E-state index contributed by atoms with van der Waals surface area (Å²) >= 11 is 0. The molecule has 194 valence electrons. The van der Waals surface area contributed by atoms with Crippen molar-refractivity contribution in [2.24, 2.45) is 5.92 Å². The lowest BCUT2D eigenvalue weighted by Crippen LogP contribution is -2.49. The first-order valence-electron chi connectivity index (χ1n) is 11.7. The number of ether oxygens (including phenoxy) is 1. The molecule has 0 spiro atoms. The summed E-state index contributed by atoms with van der Waals surface area (Å²) in [5.74, 6) is 0.218. The van der Waals surface area contributed by atoms with E-state index in [-0.39, 0.29) is 29.4 Å². The van der Waals surface area contributed by atoms with Crippen molar-refractivity contribution in [1.82, 2.24) is 15.1 Å². The number of halogens is 3. The van der Waals surface area contributed by atoms with E-state index in [1.807, 2.05) is 25.5 Å². The Morgan fingerprint density at radius 2 is 2.11 bits per heavy atom. The maximum absolute atomic E-state index is 13.1. The lowest BCUT2D eigenvalue weighted by atomic mass is 9.84. The van der Waals surface area contributed by atoms with E-state index >= 15 is 0 Å². The van der Waals surface area contributed by atoms with Crippen molar-refractivity contribution in [3.05, 3.63) is 35.5 Å². The summed E-state index contributed by atoms with van der Waals surface area (Å²) in [4.78, 5) is 13.1. The first-order chi connectivity index (χ1) is 16.3. The van der Waals surface area contributed by atoms with Gasteiger partial charge in [0.15, 0.2) is 6.61 Å². The predicted molar refractivity (Wildman–Crippen MR) is 129 cm³/mol. The monoisotopic (exact) mass is 515 g/mol. The number of carbonyl (C=O) groups excluding carboxylic acids is 1. The topological polar surface area (TPSA) is 96.6 Å². The third kappa shape index (κ3) is 5.95. The Balaban J connectivity index is 1.56. The van der Waals surface area contributed by atoms with E-state index in [2.05, 4.69) is 5.32 Å². The Morgan fingerprint density at radius 1 is 1.37 bits per heavy atom. The largest absolute Gasteiger partial charge is 0.484 e. The molecule has 1 fully saturated rings. The second kappa shape index (κ2) is 9.33. The van der Waals surface area contributed by atoms with Crippen molar-refractivity contribution < 1.29 is 31.8 Å². The number of nitrogens with one attached hydrogen (secondary N) is 1. The second-order valence-corrected chi connectivity index (χ2v) is 12.4. The van der Waals surface area contributed by atoms with Crippen molar-refractivity contribution in [3.63, 3.8) is 0 Å². The highest BCUT2D eigenvalue weighted by molar-refractivity contribution is 8.24. The SMILES string of the molecule is CC(C)n1nc(-c2cccc(OCC(F)(F)F)c2)c2c1CC(C(=O)NC1(C)CCS(O)(O)C1)CC2. The van der Waals surface area contributed by atoms with Crippen molar-refractivity contribution in [2.45, 2.75) is 64.2 Å². The summed E-state index contributed by atoms with van der Waals surface area (Å²) in [5.41, 5.74) is 2.69. The van der Waals surface area contributed by atoms with E-state index in [0.717, 1.165) is 11.3 Å². The Hall–Kier alpha value is -2.24. The zero-order valence-electron chi connectivity index (χ0n) is 20.1. The molecular weight excluding hydrogens is 483 g/mol. The van der Waals surface area contributed by atoms with E-state index in [4.69, 9.17) is 9.84 Å². The highest BCUT2D eigenvalue weighted by atomic mass is 32.3. The molecule has 2 heterocycles. The van der Waals surface area contributed by atoms with Crippen LogP contribution in [0.4, 0.5) is 13.2 Å². The maximum Gasteiger partial charge on any atom is 0.422 e. The van der Waals surface area contributed by atoms with Gasteiger partial charge in [-0.3, -0.25) is 18.6 Å². The fourth-order valence-electron chi connectivity index (χ4n) is 4.96. The van der Waals surface area contributed by atoms with Crippen molar-refractivity contribution in [3.8, 4) is 17.0 Å². The number of alkyl halides is 3. The molecule has 1 aliphatic heterocycles. The number of aromatic nitrogens is 2. The van der Waals surface area contributed by atoms with E-state index in [9.17, 15) is 27.1 Å². The van der Waals surface area contributed by atoms with Gasteiger partial charge in [-0.05, 0) is 52.2 Å². The highest BCUT2D eigenvalue weighted by Crippen LogP contribution is 2.50. The maximum atomic E-state index is 13.1. The van der Waals surface area contributed by atoms with Gasteiger partial charge >= 0.3 is 6.18 Å². The molecule has 0 saturated carbocycles. The second-order valence-electron chi connectivity index (χ2n) is 10.1. The van der Waals surface area contributed by atoms with Crippen molar-refractivity contribution in [1.29, 1.82) is 0 Å². The first-order valence-corrected chi connectivity index (χ1v) is 13.6. The fourth-order valence-corrected chi connectivity index (χ4v) is 7.12. The molecule has 2 unspecified atom stereocenters. The molecule has 2 aromatic rings. The van der Waals surface area contributed by atoms with Gasteiger partial charge in [-0.25, -0.2) is 0 Å². The van der Waals surface area contributed by atoms with Crippen LogP contribution in [0.2, 0.25) is 0 Å². The average Bonchev–Trinajstić information content (AvgIpc) is 3.28. The predicted octanol–water partition coefficient (Wildman–Crippen LogP) is 5.21. The molecule has 2 atom stereocenters. The van der Waals surface area contributed by atoms with Crippen LogP contribution < -0.4 is 10.1 Å². The molecular formula is C24H32F3N3O4S. The summed E-state index contributed by atoms with van der Waals surface area (Å²) < 4.78 is 64.5. The van der Waals surface area contributed by atoms with Crippen LogP contribution in [-0.4, -0.2) is 54.6 Å². The number of carbonyl (C=O) groups is 1. The van der Waals surface area contributed by atoms with Crippen LogP contribution in [0.25, 0.3) is 11.3 Å². The molecule has 3 N–H and O–H groups in total. The van der Waals surface area contributed by atoms with Gasteiger partial charge in [-0.15, -0.1) is 0 Å². The van der Waals surface area contributed by atoms with Crippen LogP contribution in [-0.2, 0) is 17.6 Å². The zero-order valence-corrected chi connectivity index (χ0v) is 20.9. The van der Waals surface area contributed by atoms with Crippen LogP contribution >= 0.6 is 10.6 Å². The zero-order chi connectivity index (χ0) is 25.6. The molecule has 1 aliphatic carbocycles. The van der Waals surface area contributed by atoms with Gasteiger partial charge in [-0.2, -0.15) is 28.9 Å². The summed E-state index contributed by atoms with van der Waals surface area (Å²) in [6.45, 7) is 4.48. The van der Waals surface area contributed by atoms with Gasteiger partial charge in [-0.1, -0.05) is 12.1 Å². The van der Waals surface area contributed by atoms with Gasteiger partial charge in [0.25, 0.3) is 0 Å². The molecule has 0 radical (unpaired) electrons. The minimum absolute atomic E-state index is 0.0318. The molecule has 1 aromatic heterocycles. The van der Waals surface area contributed by atoms with Crippen LogP contribution in [0.5, 0.6) is 5.75 Å². The number of benzene rings is 1. The summed E-state index contributed by atoms with van der Waals surface area (Å²) in [6, 6.07) is 6.53. The minimum Gasteiger partial charge on any atom is -0.484 e. The van der Waals surface area contributed by atoms with Crippen molar-refractivity contribution >= 4 is 16.5 Å².